The highest BCUT2D eigenvalue weighted by Crippen LogP contribution is 2.35. The number of benzene rings is 3. The van der Waals surface area contributed by atoms with Crippen molar-refractivity contribution in [3.8, 4) is 17.2 Å². The van der Waals surface area contributed by atoms with E-state index in [2.05, 4.69) is 5.32 Å². The number of amides is 2. The number of nitrogens with zero attached hydrogens (tertiary/aromatic N) is 2. The topological polar surface area (TPSA) is 114 Å². The maximum atomic E-state index is 14.1. The molecule has 10 nitrogen and oxygen atoms in total. The van der Waals surface area contributed by atoms with E-state index in [-0.39, 0.29) is 43.8 Å². The third-order valence-electron chi connectivity index (χ3n) is 7.73. The molecule has 2 atom stereocenters. The van der Waals surface area contributed by atoms with Crippen molar-refractivity contribution in [3.63, 3.8) is 0 Å². The summed E-state index contributed by atoms with van der Waals surface area (Å²) in [5, 5.41) is 3.07. The van der Waals surface area contributed by atoms with Gasteiger partial charge in [-0.1, -0.05) is 49.4 Å². The fraction of sp³-hybridized carbons (Fsp3) is 0.412. The van der Waals surface area contributed by atoms with Crippen molar-refractivity contribution < 1.29 is 32.2 Å². The molecule has 0 radical (unpaired) electrons. The van der Waals surface area contributed by atoms with Crippen molar-refractivity contribution in [3.05, 3.63) is 83.9 Å². The zero-order valence-corrected chi connectivity index (χ0v) is 27.2. The van der Waals surface area contributed by atoms with Crippen LogP contribution in [0.4, 0.5) is 5.69 Å². The molecule has 0 bridgehead atoms. The number of hydrogen-bond donors (Lipinski definition) is 1. The van der Waals surface area contributed by atoms with Crippen molar-refractivity contribution in [2.45, 2.75) is 58.2 Å². The Morgan fingerprint density at radius 3 is 2.36 bits per heavy atom. The molecule has 4 rings (SSSR count). The van der Waals surface area contributed by atoms with Gasteiger partial charge in [-0.05, 0) is 55.2 Å². The molecule has 11 heteroatoms. The van der Waals surface area contributed by atoms with Crippen molar-refractivity contribution in [1.82, 2.24) is 10.2 Å². The van der Waals surface area contributed by atoms with Gasteiger partial charge in [0.25, 0.3) is 0 Å². The van der Waals surface area contributed by atoms with Gasteiger partial charge in [0.05, 0.1) is 19.1 Å². The summed E-state index contributed by atoms with van der Waals surface area (Å²) in [6.45, 7) is 4.98. The van der Waals surface area contributed by atoms with Crippen LogP contribution in [0.1, 0.15) is 44.2 Å². The van der Waals surface area contributed by atoms with Crippen molar-refractivity contribution in [1.29, 1.82) is 0 Å². The zero-order chi connectivity index (χ0) is 32.4. The largest absolute Gasteiger partial charge is 0.497 e. The Morgan fingerprint density at radius 2 is 1.67 bits per heavy atom. The van der Waals surface area contributed by atoms with Gasteiger partial charge in [0.15, 0.2) is 11.5 Å². The van der Waals surface area contributed by atoms with Gasteiger partial charge in [-0.2, -0.15) is 0 Å². The second-order valence-corrected chi connectivity index (χ2v) is 13.1. The maximum absolute atomic E-state index is 14.1. The maximum Gasteiger partial charge on any atom is 0.243 e. The van der Waals surface area contributed by atoms with E-state index in [1.54, 1.807) is 30.2 Å². The summed E-state index contributed by atoms with van der Waals surface area (Å²) in [6.07, 6.45) is 2.47. The van der Waals surface area contributed by atoms with Crippen LogP contribution in [0.2, 0.25) is 0 Å². The second kappa shape index (κ2) is 15.7. The molecule has 1 N–H and O–H groups in total. The first-order chi connectivity index (χ1) is 21.6. The quantitative estimate of drug-likeness (QED) is 0.260. The van der Waals surface area contributed by atoms with Gasteiger partial charge < -0.3 is 24.4 Å². The van der Waals surface area contributed by atoms with E-state index < -0.39 is 16.1 Å². The van der Waals surface area contributed by atoms with Gasteiger partial charge in [0.2, 0.25) is 21.8 Å². The van der Waals surface area contributed by atoms with Gasteiger partial charge in [-0.3, -0.25) is 13.9 Å². The van der Waals surface area contributed by atoms with Gasteiger partial charge in [0, 0.05) is 38.0 Å². The molecule has 45 heavy (non-hydrogen) atoms. The van der Waals surface area contributed by atoms with Crippen LogP contribution in [0.15, 0.2) is 72.8 Å². The molecule has 0 aromatic heterocycles. The van der Waals surface area contributed by atoms with E-state index in [0.29, 0.717) is 42.6 Å². The lowest BCUT2D eigenvalue weighted by molar-refractivity contribution is -0.141. The number of sulfonamides is 1. The minimum absolute atomic E-state index is 0.0302. The van der Waals surface area contributed by atoms with Crippen LogP contribution in [0.5, 0.6) is 17.2 Å². The third kappa shape index (κ3) is 9.37. The SMILES string of the molecule is CC[C@H](C)NC(=O)[C@H](Cc1ccccc1)N(Cc1cccc(OC)c1)C(=O)CCCN(c1ccc2c(c1)OCCO2)S(C)(=O)=O. The Morgan fingerprint density at radius 1 is 0.956 bits per heavy atom. The lowest BCUT2D eigenvalue weighted by Crippen LogP contribution is -2.52. The van der Waals surface area contributed by atoms with Crippen molar-refractivity contribution in [2.24, 2.45) is 0 Å². The van der Waals surface area contributed by atoms with E-state index in [1.165, 1.54) is 4.31 Å². The normalized spacial score (nSPS) is 13.8. The molecule has 0 aliphatic carbocycles. The molecule has 0 saturated heterocycles. The van der Waals surface area contributed by atoms with E-state index >= 15 is 0 Å². The molecule has 1 aliphatic heterocycles. The molecule has 3 aromatic rings. The van der Waals surface area contributed by atoms with Crippen LogP contribution in [-0.4, -0.2) is 70.3 Å². The number of nitrogens with one attached hydrogen (secondary N) is 1. The Hall–Kier alpha value is -4.25. The number of carbonyl (C=O) groups is 2. The summed E-state index contributed by atoms with van der Waals surface area (Å²) in [5.74, 6) is 1.19. The summed E-state index contributed by atoms with van der Waals surface area (Å²) in [6, 6.07) is 21.1. The first kappa shape index (κ1) is 33.6. The lowest BCUT2D eigenvalue weighted by atomic mass is 10.0. The molecule has 1 aliphatic rings. The van der Waals surface area contributed by atoms with E-state index in [9.17, 15) is 18.0 Å². The average Bonchev–Trinajstić information content (AvgIpc) is 3.04. The number of methoxy groups -OCH3 is 1. The van der Waals surface area contributed by atoms with Crippen LogP contribution in [0.25, 0.3) is 0 Å². The second-order valence-electron chi connectivity index (χ2n) is 11.2. The Bertz CT molecular complexity index is 1550. The van der Waals surface area contributed by atoms with Crippen LogP contribution in [0.3, 0.4) is 0 Å². The highest BCUT2D eigenvalue weighted by Gasteiger charge is 2.31. The fourth-order valence-electron chi connectivity index (χ4n) is 5.15. The number of ether oxygens (including phenoxy) is 3. The first-order valence-corrected chi connectivity index (χ1v) is 17.1. The van der Waals surface area contributed by atoms with Gasteiger partial charge in [-0.25, -0.2) is 8.42 Å². The van der Waals surface area contributed by atoms with E-state index in [4.69, 9.17) is 14.2 Å². The highest BCUT2D eigenvalue weighted by molar-refractivity contribution is 7.92. The smallest absolute Gasteiger partial charge is 0.243 e. The number of anilines is 1. The van der Waals surface area contributed by atoms with Crippen molar-refractivity contribution >= 4 is 27.5 Å². The summed E-state index contributed by atoms with van der Waals surface area (Å²) in [5.41, 5.74) is 2.16. The monoisotopic (exact) mass is 637 g/mol. The van der Waals surface area contributed by atoms with Gasteiger partial charge in [-0.15, -0.1) is 0 Å². The Kier molecular flexibility index (Phi) is 11.7. The summed E-state index contributed by atoms with van der Waals surface area (Å²) in [4.78, 5) is 29.4. The minimum Gasteiger partial charge on any atom is -0.497 e. The summed E-state index contributed by atoms with van der Waals surface area (Å²) in [7, 11) is -2.09. The summed E-state index contributed by atoms with van der Waals surface area (Å²) < 4.78 is 43.6. The summed E-state index contributed by atoms with van der Waals surface area (Å²) >= 11 is 0. The molecule has 0 saturated carbocycles. The standard InChI is InChI=1S/C34H43N3O7S/c1-5-25(2)35-34(39)30(22-26-11-7-6-8-12-26)36(24-27-13-9-14-29(21-27)42-3)33(38)15-10-18-37(45(4,40)41)28-16-17-31-32(23-28)44-20-19-43-31/h6-9,11-14,16-17,21,23,25,30H,5,10,15,18-20,22,24H2,1-4H3,(H,35,39)/t25-,30-/m0/s1. The number of fused-ring (bicyclic) bond motifs is 1. The molecule has 1 heterocycles. The van der Waals surface area contributed by atoms with Crippen LogP contribution < -0.4 is 23.8 Å². The van der Waals surface area contributed by atoms with Crippen LogP contribution >= 0.6 is 0 Å². The predicted molar refractivity (Wildman–Crippen MR) is 174 cm³/mol. The van der Waals surface area contributed by atoms with E-state index in [0.717, 1.165) is 23.8 Å². The molecule has 0 unspecified atom stereocenters. The van der Waals surface area contributed by atoms with E-state index in [1.807, 2.05) is 68.4 Å². The third-order valence-corrected chi connectivity index (χ3v) is 8.92. The van der Waals surface area contributed by atoms with Crippen LogP contribution in [-0.2, 0) is 32.6 Å². The number of carbonyl (C=O) groups excluding carboxylic acids is 2. The minimum atomic E-state index is -3.67. The Labute approximate surface area is 266 Å². The fourth-order valence-corrected chi connectivity index (χ4v) is 6.11. The van der Waals surface area contributed by atoms with Crippen LogP contribution in [0, 0.1) is 0 Å². The molecule has 242 valence electrons. The predicted octanol–water partition coefficient (Wildman–Crippen LogP) is 4.57. The molecule has 2 amide bonds. The highest BCUT2D eigenvalue weighted by atomic mass is 32.2. The Balaban J connectivity index is 1.59. The molecule has 0 fully saturated rings. The number of rotatable bonds is 15. The van der Waals surface area contributed by atoms with Gasteiger partial charge in [0.1, 0.15) is 25.0 Å². The van der Waals surface area contributed by atoms with Crippen molar-refractivity contribution in [2.75, 3.05) is 37.4 Å². The zero-order valence-electron chi connectivity index (χ0n) is 26.4. The van der Waals surface area contributed by atoms with Gasteiger partial charge >= 0.3 is 0 Å². The first-order valence-electron chi connectivity index (χ1n) is 15.2. The molecule has 0 spiro atoms. The molecular formula is C34H43N3O7S. The molecule has 3 aromatic carbocycles. The number of hydrogen-bond acceptors (Lipinski definition) is 7. The average molecular weight is 638 g/mol. The molecular weight excluding hydrogens is 594 g/mol. The lowest BCUT2D eigenvalue weighted by Gasteiger charge is -2.33.